The summed E-state index contributed by atoms with van der Waals surface area (Å²) in [6, 6.07) is 3.19. The summed E-state index contributed by atoms with van der Waals surface area (Å²) in [5, 5.41) is 2.69. The average Bonchev–Trinajstić information content (AvgIpc) is 2.88. The van der Waals surface area contributed by atoms with Gasteiger partial charge in [0, 0.05) is 30.8 Å². The van der Waals surface area contributed by atoms with E-state index in [4.69, 9.17) is 5.73 Å². The van der Waals surface area contributed by atoms with Crippen molar-refractivity contribution in [2.75, 3.05) is 6.61 Å². The minimum atomic E-state index is -4.43. The Morgan fingerprint density at radius 1 is 1.43 bits per heavy atom. The molecule has 3 N–H and O–H groups in total. The number of halogens is 3. The molecule has 0 saturated heterocycles. The van der Waals surface area contributed by atoms with Crippen LogP contribution >= 0.6 is 0 Å². The van der Waals surface area contributed by atoms with Crippen molar-refractivity contribution >= 4 is 5.91 Å². The number of carbonyl (C=O) groups is 1. The van der Waals surface area contributed by atoms with Gasteiger partial charge >= 0.3 is 6.18 Å². The van der Waals surface area contributed by atoms with E-state index in [2.05, 4.69) is 15.0 Å². The van der Waals surface area contributed by atoms with E-state index in [0.29, 0.717) is 12.0 Å². The maximum Gasteiger partial charge on any atom is 0.422 e. The Morgan fingerprint density at radius 2 is 2.22 bits per heavy atom. The molecule has 1 amide bonds. The molecule has 0 spiro atoms. The highest BCUT2D eigenvalue weighted by Crippen LogP contribution is 2.26. The van der Waals surface area contributed by atoms with Crippen molar-refractivity contribution in [1.82, 2.24) is 10.3 Å². The zero-order valence-electron chi connectivity index (χ0n) is 12.6. The molecule has 1 aliphatic carbocycles. The average molecular weight is 331 g/mol. The van der Waals surface area contributed by atoms with Gasteiger partial charge in [-0.25, -0.2) is 4.98 Å². The van der Waals surface area contributed by atoms with Crippen LogP contribution in [0.25, 0.3) is 0 Å². The smallest absolute Gasteiger partial charge is 0.422 e. The third kappa shape index (κ3) is 5.70. The molecule has 8 heteroatoms. The van der Waals surface area contributed by atoms with E-state index >= 15 is 0 Å². The second-order valence-corrected chi connectivity index (χ2v) is 5.71. The first-order valence-corrected chi connectivity index (χ1v) is 7.51. The Labute approximate surface area is 132 Å². The molecule has 0 bridgehead atoms. The first kappa shape index (κ1) is 17.5. The van der Waals surface area contributed by atoms with E-state index in [-0.39, 0.29) is 30.3 Å². The molecule has 0 aromatic carbocycles. The number of amides is 1. The molecule has 23 heavy (non-hydrogen) atoms. The van der Waals surface area contributed by atoms with Crippen LogP contribution in [0, 0.1) is 5.92 Å². The number of nitrogens with two attached hydrogens (primary N) is 1. The minimum Gasteiger partial charge on any atom is -0.468 e. The maximum absolute atomic E-state index is 12.2. The summed E-state index contributed by atoms with van der Waals surface area (Å²) in [6.07, 6.45) is 0.125. The normalized spacial score (nSPS) is 21.2. The zero-order valence-corrected chi connectivity index (χ0v) is 12.6. The van der Waals surface area contributed by atoms with Crippen LogP contribution in [0.4, 0.5) is 13.2 Å². The van der Waals surface area contributed by atoms with Gasteiger partial charge in [0.1, 0.15) is 0 Å². The van der Waals surface area contributed by atoms with E-state index in [1.807, 2.05) is 0 Å². The molecule has 0 aliphatic heterocycles. The molecule has 1 aromatic rings. The molecule has 2 atom stereocenters. The van der Waals surface area contributed by atoms with Crippen LogP contribution in [0.1, 0.15) is 31.2 Å². The van der Waals surface area contributed by atoms with E-state index in [1.165, 1.54) is 6.20 Å². The standard InChI is InChI=1S/C15H20F3N3O2/c16-15(17,18)9-23-14-11(4-2-6-20-14)8-21-13(22)7-10-3-1-5-12(10)19/h2,4,6,10,12H,1,3,5,7-9,19H2,(H,21,22)/t10-,12+/m0/s1. The zero-order chi connectivity index (χ0) is 16.9. The lowest BCUT2D eigenvalue weighted by Crippen LogP contribution is -2.31. The fourth-order valence-corrected chi connectivity index (χ4v) is 2.66. The van der Waals surface area contributed by atoms with Crippen molar-refractivity contribution in [3.05, 3.63) is 23.9 Å². The molecule has 2 rings (SSSR count). The van der Waals surface area contributed by atoms with Crippen molar-refractivity contribution in [3.63, 3.8) is 0 Å². The Morgan fingerprint density at radius 3 is 2.87 bits per heavy atom. The van der Waals surface area contributed by atoms with Gasteiger partial charge in [-0.2, -0.15) is 13.2 Å². The molecular formula is C15H20F3N3O2. The fraction of sp³-hybridized carbons (Fsp3) is 0.600. The lowest BCUT2D eigenvalue weighted by atomic mass is 10.00. The summed E-state index contributed by atoms with van der Waals surface area (Å²) >= 11 is 0. The first-order chi connectivity index (χ1) is 10.8. The maximum atomic E-state index is 12.2. The van der Waals surface area contributed by atoms with E-state index in [1.54, 1.807) is 12.1 Å². The molecular weight excluding hydrogens is 311 g/mol. The molecule has 1 aliphatic rings. The number of nitrogens with one attached hydrogen (secondary N) is 1. The summed E-state index contributed by atoms with van der Waals surface area (Å²) < 4.78 is 41.3. The SMILES string of the molecule is N[C@@H]1CCC[C@H]1CC(=O)NCc1cccnc1OCC(F)(F)F. The minimum absolute atomic E-state index is 0.0461. The van der Waals surface area contributed by atoms with Crippen LogP contribution in [0.15, 0.2) is 18.3 Å². The molecule has 5 nitrogen and oxygen atoms in total. The van der Waals surface area contributed by atoms with Crippen molar-refractivity contribution in [3.8, 4) is 5.88 Å². The number of alkyl halides is 3. The summed E-state index contributed by atoms with van der Waals surface area (Å²) in [5.41, 5.74) is 6.33. The van der Waals surface area contributed by atoms with Crippen LogP contribution in [0.5, 0.6) is 5.88 Å². The van der Waals surface area contributed by atoms with Crippen molar-refractivity contribution < 1.29 is 22.7 Å². The number of carbonyl (C=O) groups excluding carboxylic acids is 1. The van der Waals surface area contributed by atoms with Gasteiger partial charge in [-0.3, -0.25) is 4.79 Å². The molecule has 1 fully saturated rings. The van der Waals surface area contributed by atoms with E-state index in [9.17, 15) is 18.0 Å². The van der Waals surface area contributed by atoms with Crippen LogP contribution in [0.3, 0.4) is 0 Å². The predicted octanol–water partition coefficient (Wildman–Crippen LogP) is 2.16. The number of aromatic nitrogens is 1. The molecule has 1 heterocycles. The fourth-order valence-electron chi connectivity index (χ4n) is 2.66. The van der Waals surface area contributed by atoms with E-state index in [0.717, 1.165) is 19.3 Å². The highest BCUT2D eigenvalue weighted by Gasteiger charge is 2.29. The first-order valence-electron chi connectivity index (χ1n) is 7.51. The summed E-state index contributed by atoms with van der Waals surface area (Å²) in [7, 11) is 0. The molecule has 1 aromatic heterocycles. The van der Waals surface area contributed by atoms with Crippen LogP contribution in [-0.4, -0.2) is 29.7 Å². The molecule has 0 radical (unpaired) electrons. The number of hydrogen-bond acceptors (Lipinski definition) is 4. The van der Waals surface area contributed by atoms with E-state index < -0.39 is 12.8 Å². The molecule has 1 saturated carbocycles. The number of hydrogen-bond donors (Lipinski definition) is 2. The number of pyridine rings is 1. The Kier molecular flexibility index (Phi) is 5.81. The van der Waals surface area contributed by atoms with Crippen LogP contribution in [0.2, 0.25) is 0 Å². The monoisotopic (exact) mass is 331 g/mol. The second-order valence-electron chi connectivity index (χ2n) is 5.71. The van der Waals surface area contributed by atoms with Gasteiger partial charge in [0.2, 0.25) is 11.8 Å². The molecule has 0 unspecified atom stereocenters. The van der Waals surface area contributed by atoms with Gasteiger partial charge in [0.15, 0.2) is 6.61 Å². The van der Waals surface area contributed by atoms with Crippen molar-refractivity contribution in [2.24, 2.45) is 11.7 Å². The highest BCUT2D eigenvalue weighted by molar-refractivity contribution is 5.76. The van der Waals surface area contributed by atoms with Gasteiger partial charge in [0.05, 0.1) is 0 Å². The van der Waals surface area contributed by atoms with Crippen molar-refractivity contribution in [2.45, 2.75) is 44.4 Å². The Balaban J connectivity index is 1.86. The molecule has 128 valence electrons. The number of nitrogens with zero attached hydrogens (tertiary/aromatic N) is 1. The van der Waals surface area contributed by atoms with Crippen molar-refractivity contribution in [1.29, 1.82) is 0 Å². The van der Waals surface area contributed by atoms with Crippen LogP contribution < -0.4 is 15.8 Å². The summed E-state index contributed by atoms with van der Waals surface area (Å²) in [6.45, 7) is -1.34. The summed E-state index contributed by atoms with van der Waals surface area (Å²) in [4.78, 5) is 15.7. The summed E-state index contributed by atoms with van der Waals surface area (Å²) in [5.74, 6) is -0.120. The Bertz CT molecular complexity index is 537. The lowest BCUT2D eigenvalue weighted by Gasteiger charge is -2.15. The van der Waals surface area contributed by atoms with Crippen LogP contribution in [-0.2, 0) is 11.3 Å². The number of ether oxygens (including phenoxy) is 1. The van der Waals surface area contributed by atoms with Gasteiger partial charge in [0.25, 0.3) is 0 Å². The van der Waals surface area contributed by atoms with Gasteiger partial charge in [-0.15, -0.1) is 0 Å². The second kappa shape index (κ2) is 7.63. The Hall–Kier alpha value is -1.83. The largest absolute Gasteiger partial charge is 0.468 e. The lowest BCUT2D eigenvalue weighted by molar-refractivity contribution is -0.154. The third-order valence-corrected chi connectivity index (χ3v) is 3.86. The number of rotatable bonds is 6. The van der Waals surface area contributed by atoms with Gasteiger partial charge < -0.3 is 15.8 Å². The highest BCUT2D eigenvalue weighted by atomic mass is 19.4. The van der Waals surface area contributed by atoms with Gasteiger partial charge in [-0.05, 0) is 24.8 Å². The van der Waals surface area contributed by atoms with Gasteiger partial charge in [-0.1, -0.05) is 12.5 Å². The quantitative estimate of drug-likeness (QED) is 0.837. The topological polar surface area (TPSA) is 77.2 Å². The predicted molar refractivity (Wildman–Crippen MR) is 77.6 cm³/mol. The third-order valence-electron chi connectivity index (χ3n) is 3.86.